The normalized spacial score (nSPS) is 17.3. The van der Waals surface area contributed by atoms with Crippen LogP contribution in [-0.4, -0.2) is 37.2 Å². The van der Waals surface area contributed by atoms with Crippen LogP contribution in [0.5, 0.6) is 0 Å². The Balaban J connectivity index is 1.91. The molecule has 0 bridgehead atoms. The van der Waals surface area contributed by atoms with Gasteiger partial charge in [-0.15, -0.1) is 0 Å². The van der Waals surface area contributed by atoms with Gasteiger partial charge in [-0.05, 0) is 12.1 Å². The summed E-state index contributed by atoms with van der Waals surface area (Å²) >= 11 is 0. The second-order valence-corrected chi connectivity index (χ2v) is 3.51. The average Bonchev–Trinajstić information content (AvgIpc) is 2.79. The van der Waals surface area contributed by atoms with Gasteiger partial charge in [-0.25, -0.2) is 5.01 Å². The average molecular weight is 225 g/mol. The van der Waals surface area contributed by atoms with Gasteiger partial charge in [0.1, 0.15) is 5.76 Å². The fourth-order valence-electron chi connectivity index (χ4n) is 1.48. The highest BCUT2D eigenvalue weighted by molar-refractivity contribution is 5.91. The molecule has 1 aromatic rings. The van der Waals surface area contributed by atoms with Crippen molar-refractivity contribution >= 4 is 5.91 Å². The van der Waals surface area contributed by atoms with Crippen molar-refractivity contribution in [3.05, 3.63) is 23.7 Å². The molecule has 1 aliphatic rings. The van der Waals surface area contributed by atoms with E-state index in [4.69, 9.17) is 14.9 Å². The summed E-state index contributed by atoms with van der Waals surface area (Å²) in [5.74, 6) is 0.640. The van der Waals surface area contributed by atoms with Crippen molar-refractivity contribution in [3.8, 4) is 0 Å². The number of morpholine rings is 1. The fourth-order valence-corrected chi connectivity index (χ4v) is 1.48. The van der Waals surface area contributed by atoms with E-state index in [1.54, 1.807) is 12.1 Å². The molecular formula is C10H15N3O3. The van der Waals surface area contributed by atoms with Gasteiger partial charge in [0.05, 0.1) is 19.8 Å². The van der Waals surface area contributed by atoms with Gasteiger partial charge in [0, 0.05) is 13.1 Å². The lowest BCUT2D eigenvalue weighted by Gasteiger charge is -2.26. The number of nitrogens with zero attached hydrogens (tertiary/aromatic N) is 1. The highest BCUT2D eigenvalue weighted by Crippen LogP contribution is 2.07. The molecule has 1 saturated heterocycles. The Labute approximate surface area is 93.3 Å². The standard InChI is InChI=1S/C10H15N3O3/c11-7-8-1-2-9(16-8)10(14)12-13-3-5-15-6-4-13/h1-2H,3-7,11H2,(H,12,14). The molecule has 0 saturated carbocycles. The van der Waals surface area contributed by atoms with Crippen LogP contribution in [0.3, 0.4) is 0 Å². The van der Waals surface area contributed by atoms with Crippen LogP contribution in [0.1, 0.15) is 16.3 Å². The topological polar surface area (TPSA) is 80.7 Å². The molecule has 1 aliphatic heterocycles. The molecule has 2 rings (SSSR count). The molecule has 0 spiro atoms. The van der Waals surface area contributed by atoms with Gasteiger partial charge < -0.3 is 14.9 Å². The Morgan fingerprint density at radius 2 is 2.19 bits per heavy atom. The van der Waals surface area contributed by atoms with E-state index in [2.05, 4.69) is 5.43 Å². The lowest BCUT2D eigenvalue weighted by molar-refractivity contribution is 0.0117. The third kappa shape index (κ3) is 2.60. The second kappa shape index (κ2) is 5.11. The first-order valence-electron chi connectivity index (χ1n) is 5.22. The van der Waals surface area contributed by atoms with E-state index in [0.717, 1.165) is 0 Å². The highest BCUT2D eigenvalue weighted by atomic mass is 16.5. The number of nitrogens with one attached hydrogen (secondary N) is 1. The van der Waals surface area contributed by atoms with Crippen molar-refractivity contribution in [2.45, 2.75) is 6.54 Å². The van der Waals surface area contributed by atoms with E-state index < -0.39 is 0 Å². The van der Waals surface area contributed by atoms with Gasteiger partial charge in [0.25, 0.3) is 0 Å². The molecule has 0 unspecified atom stereocenters. The molecule has 16 heavy (non-hydrogen) atoms. The monoisotopic (exact) mass is 225 g/mol. The summed E-state index contributed by atoms with van der Waals surface area (Å²) in [4.78, 5) is 11.7. The second-order valence-electron chi connectivity index (χ2n) is 3.51. The Bertz CT molecular complexity index is 358. The number of carbonyl (C=O) groups excluding carboxylic acids is 1. The number of rotatable bonds is 3. The minimum atomic E-state index is -0.249. The number of nitrogens with two attached hydrogens (primary N) is 1. The number of hydrazine groups is 1. The van der Waals surface area contributed by atoms with Crippen molar-refractivity contribution in [2.24, 2.45) is 5.73 Å². The molecule has 2 heterocycles. The SMILES string of the molecule is NCc1ccc(C(=O)NN2CCOCC2)o1. The van der Waals surface area contributed by atoms with E-state index in [9.17, 15) is 4.79 Å². The molecule has 1 amide bonds. The lowest BCUT2D eigenvalue weighted by Crippen LogP contribution is -2.48. The van der Waals surface area contributed by atoms with Gasteiger partial charge in [-0.2, -0.15) is 0 Å². The number of amides is 1. The first-order valence-corrected chi connectivity index (χ1v) is 5.22. The molecule has 6 nitrogen and oxygen atoms in total. The van der Waals surface area contributed by atoms with Crippen LogP contribution in [-0.2, 0) is 11.3 Å². The van der Waals surface area contributed by atoms with Gasteiger partial charge >= 0.3 is 5.91 Å². The maximum Gasteiger partial charge on any atom is 0.301 e. The quantitative estimate of drug-likeness (QED) is 0.739. The van der Waals surface area contributed by atoms with Crippen LogP contribution in [0, 0.1) is 0 Å². The Morgan fingerprint density at radius 1 is 1.44 bits per heavy atom. The zero-order chi connectivity index (χ0) is 11.4. The molecule has 0 aliphatic carbocycles. The molecular weight excluding hydrogens is 210 g/mol. The van der Waals surface area contributed by atoms with Crippen molar-refractivity contribution in [1.82, 2.24) is 10.4 Å². The van der Waals surface area contributed by atoms with Gasteiger partial charge in [0.2, 0.25) is 0 Å². The van der Waals surface area contributed by atoms with Crippen molar-refractivity contribution in [2.75, 3.05) is 26.3 Å². The molecule has 88 valence electrons. The maximum atomic E-state index is 11.7. The Kier molecular flexibility index (Phi) is 3.55. The third-order valence-corrected chi connectivity index (χ3v) is 2.36. The van der Waals surface area contributed by atoms with Crippen LogP contribution >= 0.6 is 0 Å². The smallest absolute Gasteiger partial charge is 0.301 e. The highest BCUT2D eigenvalue weighted by Gasteiger charge is 2.16. The van der Waals surface area contributed by atoms with Gasteiger partial charge in [0.15, 0.2) is 5.76 Å². The predicted molar refractivity (Wildman–Crippen MR) is 56.5 cm³/mol. The van der Waals surface area contributed by atoms with Crippen LogP contribution in [0.25, 0.3) is 0 Å². The number of furan rings is 1. The van der Waals surface area contributed by atoms with E-state index in [-0.39, 0.29) is 11.7 Å². The van der Waals surface area contributed by atoms with Gasteiger partial charge in [-0.1, -0.05) is 0 Å². The van der Waals surface area contributed by atoms with Crippen molar-refractivity contribution in [3.63, 3.8) is 0 Å². The van der Waals surface area contributed by atoms with Crippen LogP contribution in [0.4, 0.5) is 0 Å². The summed E-state index contributed by atoms with van der Waals surface area (Å²) in [6.45, 7) is 2.94. The molecule has 1 aromatic heterocycles. The minimum Gasteiger partial charge on any atom is -0.455 e. The van der Waals surface area contributed by atoms with Crippen LogP contribution in [0.2, 0.25) is 0 Å². The minimum absolute atomic E-state index is 0.249. The zero-order valence-electron chi connectivity index (χ0n) is 8.94. The number of hydrogen-bond donors (Lipinski definition) is 2. The zero-order valence-corrected chi connectivity index (χ0v) is 8.94. The van der Waals surface area contributed by atoms with Crippen LogP contribution in [0.15, 0.2) is 16.5 Å². The van der Waals surface area contributed by atoms with E-state index in [0.29, 0.717) is 38.6 Å². The molecule has 1 fully saturated rings. The van der Waals surface area contributed by atoms with Crippen molar-refractivity contribution in [1.29, 1.82) is 0 Å². The molecule has 0 atom stereocenters. The fraction of sp³-hybridized carbons (Fsp3) is 0.500. The molecule has 6 heteroatoms. The molecule has 0 aromatic carbocycles. The Hall–Kier alpha value is -1.37. The summed E-state index contributed by atoms with van der Waals surface area (Å²) in [6, 6.07) is 3.33. The predicted octanol–water partition coefficient (Wildman–Crippen LogP) is -0.285. The van der Waals surface area contributed by atoms with E-state index in [1.165, 1.54) is 0 Å². The largest absolute Gasteiger partial charge is 0.455 e. The number of carbonyl (C=O) groups is 1. The maximum absolute atomic E-state index is 11.7. The molecule has 0 radical (unpaired) electrons. The number of hydrogen-bond acceptors (Lipinski definition) is 5. The first kappa shape index (κ1) is 11.1. The lowest BCUT2D eigenvalue weighted by atomic mass is 10.4. The molecule has 3 N–H and O–H groups in total. The summed E-state index contributed by atoms with van der Waals surface area (Å²) in [5.41, 5.74) is 8.15. The van der Waals surface area contributed by atoms with Gasteiger partial charge in [-0.3, -0.25) is 10.2 Å². The number of ether oxygens (including phenoxy) is 1. The summed E-state index contributed by atoms with van der Waals surface area (Å²) in [7, 11) is 0. The van der Waals surface area contributed by atoms with E-state index in [1.807, 2.05) is 5.01 Å². The van der Waals surface area contributed by atoms with Crippen molar-refractivity contribution < 1.29 is 13.9 Å². The summed E-state index contributed by atoms with van der Waals surface area (Å²) in [6.07, 6.45) is 0. The van der Waals surface area contributed by atoms with Crippen LogP contribution < -0.4 is 11.2 Å². The summed E-state index contributed by atoms with van der Waals surface area (Å²) in [5, 5.41) is 1.82. The first-order chi connectivity index (χ1) is 7.79. The Morgan fingerprint density at radius 3 is 2.81 bits per heavy atom. The third-order valence-electron chi connectivity index (χ3n) is 2.36. The van der Waals surface area contributed by atoms with E-state index >= 15 is 0 Å². The summed E-state index contributed by atoms with van der Waals surface area (Å²) < 4.78 is 10.4.